The first-order valence-electron chi connectivity index (χ1n) is 9.39. The van der Waals surface area contributed by atoms with Crippen molar-refractivity contribution >= 4 is 33.4 Å². The number of nitrogens with one attached hydrogen (secondary N) is 1. The number of carbonyl (C=O) groups is 1. The maximum absolute atomic E-state index is 13.0. The van der Waals surface area contributed by atoms with E-state index in [-0.39, 0.29) is 11.9 Å². The highest BCUT2D eigenvalue weighted by Gasteiger charge is 2.19. The number of halogens is 2. The van der Waals surface area contributed by atoms with E-state index in [1.807, 2.05) is 73.7 Å². The maximum atomic E-state index is 13.0. The maximum Gasteiger partial charge on any atom is 0.252 e. The topological polar surface area (TPSA) is 55.1 Å². The molecule has 30 heavy (non-hydrogen) atoms. The highest BCUT2D eigenvalue weighted by Crippen LogP contribution is 2.29. The highest BCUT2D eigenvalue weighted by molar-refractivity contribution is 9.10. The van der Waals surface area contributed by atoms with Gasteiger partial charge in [0.2, 0.25) is 5.89 Å². The molecule has 0 saturated heterocycles. The van der Waals surface area contributed by atoms with Gasteiger partial charge in [0.15, 0.2) is 5.76 Å². The van der Waals surface area contributed by atoms with Gasteiger partial charge in [0.05, 0.1) is 17.8 Å². The van der Waals surface area contributed by atoms with E-state index in [4.69, 9.17) is 16.0 Å². The Morgan fingerprint density at radius 1 is 1.07 bits per heavy atom. The van der Waals surface area contributed by atoms with Crippen molar-refractivity contribution in [3.8, 4) is 22.8 Å². The van der Waals surface area contributed by atoms with Crippen LogP contribution in [0.5, 0.6) is 0 Å². The molecule has 0 fully saturated rings. The van der Waals surface area contributed by atoms with Crippen LogP contribution in [0.4, 0.5) is 0 Å². The van der Waals surface area contributed by atoms with Crippen molar-refractivity contribution in [2.24, 2.45) is 0 Å². The second kappa shape index (κ2) is 8.86. The Morgan fingerprint density at radius 3 is 2.60 bits per heavy atom. The Bertz CT molecular complexity index is 1190. The Labute approximate surface area is 188 Å². The lowest BCUT2D eigenvalue weighted by atomic mass is 10.0. The molecule has 0 spiro atoms. The van der Waals surface area contributed by atoms with Gasteiger partial charge in [-0.3, -0.25) is 4.79 Å². The molecule has 3 aromatic carbocycles. The molecular formula is C24H18BrClN2O2. The third kappa shape index (κ3) is 4.48. The molecule has 0 aliphatic carbocycles. The van der Waals surface area contributed by atoms with Crippen LogP contribution in [0.25, 0.3) is 22.8 Å². The molecule has 1 unspecified atom stereocenters. The minimum atomic E-state index is -0.199. The predicted molar refractivity (Wildman–Crippen MR) is 122 cm³/mol. The first kappa shape index (κ1) is 20.4. The van der Waals surface area contributed by atoms with Crippen LogP contribution < -0.4 is 5.32 Å². The lowest BCUT2D eigenvalue weighted by Crippen LogP contribution is -2.27. The molecule has 4 aromatic rings. The fourth-order valence-electron chi connectivity index (χ4n) is 3.15. The van der Waals surface area contributed by atoms with E-state index >= 15 is 0 Å². The number of hydrogen-bond acceptors (Lipinski definition) is 3. The smallest absolute Gasteiger partial charge is 0.252 e. The molecule has 1 aromatic heterocycles. The molecule has 0 aliphatic heterocycles. The highest BCUT2D eigenvalue weighted by atomic mass is 79.9. The zero-order chi connectivity index (χ0) is 21.1. The van der Waals surface area contributed by atoms with Crippen LogP contribution in [0, 0.1) is 0 Å². The van der Waals surface area contributed by atoms with E-state index < -0.39 is 0 Å². The van der Waals surface area contributed by atoms with E-state index in [1.54, 1.807) is 12.3 Å². The average Bonchev–Trinajstić information content (AvgIpc) is 3.24. The van der Waals surface area contributed by atoms with Crippen molar-refractivity contribution in [2.75, 3.05) is 0 Å². The number of hydrogen-bond donors (Lipinski definition) is 1. The van der Waals surface area contributed by atoms with Gasteiger partial charge in [-0.05, 0) is 48.9 Å². The van der Waals surface area contributed by atoms with Crippen LogP contribution in [0.3, 0.4) is 0 Å². The Kier molecular flexibility index (Phi) is 6.02. The van der Waals surface area contributed by atoms with Crippen LogP contribution in [0.15, 0.2) is 87.9 Å². The fourth-order valence-corrected chi connectivity index (χ4v) is 3.68. The minimum Gasteiger partial charge on any atom is -0.436 e. The fraction of sp³-hybridized carbons (Fsp3) is 0.0833. The van der Waals surface area contributed by atoms with Gasteiger partial charge in [0, 0.05) is 20.6 Å². The van der Waals surface area contributed by atoms with Gasteiger partial charge < -0.3 is 9.73 Å². The molecule has 4 rings (SSSR count). The first-order valence-corrected chi connectivity index (χ1v) is 10.6. The molecule has 1 atom stereocenters. The van der Waals surface area contributed by atoms with Gasteiger partial charge in [-0.1, -0.05) is 63.9 Å². The summed E-state index contributed by atoms with van der Waals surface area (Å²) in [5.41, 5.74) is 3.01. The van der Waals surface area contributed by atoms with E-state index in [0.29, 0.717) is 27.8 Å². The van der Waals surface area contributed by atoms with Crippen molar-refractivity contribution in [1.29, 1.82) is 0 Å². The molecule has 1 heterocycles. The van der Waals surface area contributed by atoms with E-state index in [2.05, 4.69) is 26.2 Å². The molecule has 1 N–H and O–H groups in total. The van der Waals surface area contributed by atoms with Crippen LogP contribution in [-0.2, 0) is 0 Å². The minimum absolute atomic E-state index is 0.176. The summed E-state index contributed by atoms with van der Waals surface area (Å²) in [4.78, 5) is 17.4. The lowest BCUT2D eigenvalue weighted by molar-refractivity contribution is 0.0940. The second-order valence-corrected chi connectivity index (χ2v) is 8.18. The van der Waals surface area contributed by atoms with Gasteiger partial charge in [-0.2, -0.15) is 0 Å². The van der Waals surface area contributed by atoms with Gasteiger partial charge in [-0.15, -0.1) is 0 Å². The van der Waals surface area contributed by atoms with Gasteiger partial charge in [0.1, 0.15) is 0 Å². The summed E-state index contributed by atoms with van der Waals surface area (Å²) in [6.07, 6.45) is 1.67. The van der Waals surface area contributed by atoms with E-state index in [1.165, 1.54) is 0 Å². The van der Waals surface area contributed by atoms with E-state index in [9.17, 15) is 4.79 Å². The van der Waals surface area contributed by atoms with Crippen molar-refractivity contribution < 1.29 is 9.21 Å². The molecule has 1 amide bonds. The third-order valence-corrected chi connectivity index (χ3v) is 5.48. The predicted octanol–water partition coefficient (Wildman–Crippen LogP) is 6.92. The first-order chi connectivity index (χ1) is 14.5. The zero-order valence-corrected chi connectivity index (χ0v) is 18.4. The summed E-state index contributed by atoms with van der Waals surface area (Å²) in [6.45, 7) is 1.93. The standard InChI is InChI=1S/C24H18BrClN2O2/c1-15(16-9-11-19(26)12-10-16)28-23(29)20-7-2-3-8-21(20)24-27-14-22(30-24)17-5-4-6-18(25)13-17/h2-15H,1H3,(H,28,29). The molecule has 4 nitrogen and oxygen atoms in total. The molecule has 150 valence electrons. The van der Waals surface area contributed by atoms with Crippen LogP contribution in [0.1, 0.15) is 28.9 Å². The van der Waals surface area contributed by atoms with E-state index in [0.717, 1.165) is 15.6 Å². The van der Waals surface area contributed by atoms with Gasteiger partial charge in [0.25, 0.3) is 5.91 Å². The number of nitrogens with zero attached hydrogens (tertiary/aromatic N) is 1. The van der Waals surface area contributed by atoms with Gasteiger partial charge in [-0.25, -0.2) is 4.98 Å². The monoisotopic (exact) mass is 480 g/mol. The Balaban J connectivity index is 1.60. The summed E-state index contributed by atoms with van der Waals surface area (Å²) in [5.74, 6) is 0.834. The number of oxazole rings is 1. The summed E-state index contributed by atoms with van der Waals surface area (Å²) < 4.78 is 6.93. The molecule has 0 aliphatic rings. The number of benzene rings is 3. The van der Waals surface area contributed by atoms with Crippen LogP contribution in [-0.4, -0.2) is 10.9 Å². The number of carbonyl (C=O) groups excluding carboxylic acids is 1. The Morgan fingerprint density at radius 2 is 1.83 bits per heavy atom. The van der Waals surface area contributed by atoms with Crippen molar-refractivity contribution in [1.82, 2.24) is 10.3 Å². The molecule has 0 saturated carbocycles. The van der Waals surface area contributed by atoms with Crippen LogP contribution >= 0.6 is 27.5 Å². The summed E-state index contributed by atoms with van der Waals surface area (Å²) >= 11 is 9.42. The lowest BCUT2D eigenvalue weighted by Gasteiger charge is -2.15. The molecule has 0 bridgehead atoms. The molecular weight excluding hydrogens is 464 g/mol. The Hall–Kier alpha value is -2.89. The normalized spacial score (nSPS) is 11.8. The number of amides is 1. The van der Waals surface area contributed by atoms with Crippen molar-refractivity contribution in [3.05, 3.63) is 99.6 Å². The van der Waals surface area contributed by atoms with Crippen molar-refractivity contribution in [2.45, 2.75) is 13.0 Å². The van der Waals surface area contributed by atoms with Crippen LogP contribution in [0.2, 0.25) is 5.02 Å². The second-order valence-electron chi connectivity index (χ2n) is 6.83. The number of aromatic nitrogens is 1. The average molecular weight is 482 g/mol. The third-order valence-electron chi connectivity index (χ3n) is 4.73. The quantitative estimate of drug-likeness (QED) is 0.337. The summed E-state index contributed by atoms with van der Waals surface area (Å²) in [5, 5.41) is 3.69. The summed E-state index contributed by atoms with van der Waals surface area (Å²) in [7, 11) is 0. The zero-order valence-electron chi connectivity index (χ0n) is 16.1. The number of rotatable bonds is 5. The largest absolute Gasteiger partial charge is 0.436 e. The molecule has 6 heteroatoms. The SMILES string of the molecule is CC(NC(=O)c1ccccc1-c1ncc(-c2cccc(Br)c2)o1)c1ccc(Cl)cc1. The summed E-state index contributed by atoms with van der Waals surface area (Å²) in [6, 6.07) is 22.3. The van der Waals surface area contributed by atoms with Gasteiger partial charge >= 0.3 is 0 Å². The van der Waals surface area contributed by atoms with Crippen molar-refractivity contribution in [3.63, 3.8) is 0 Å². The molecule has 0 radical (unpaired) electrons.